The number of hydrogen-bond donors (Lipinski definition) is 1. The van der Waals surface area contributed by atoms with Crippen molar-refractivity contribution in [3.8, 4) is 0 Å². The fraction of sp³-hybridized carbons (Fsp3) is 0.143. The lowest BCUT2D eigenvalue weighted by atomic mass is 9.83. The molecule has 16 heteroatoms. The summed E-state index contributed by atoms with van der Waals surface area (Å²) < 4.78 is 1.26. The summed E-state index contributed by atoms with van der Waals surface area (Å²) in [6.45, 7) is -0.389. The molecule has 2 aliphatic rings. The number of nitro groups is 1. The molecule has 1 fully saturated rings. The van der Waals surface area contributed by atoms with E-state index >= 15 is 0 Å². The second-order valence-electron chi connectivity index (χ2n) is 9.77. The molecule has 0 aliphatic carbocycles. The van der Waals surface area contributed by atoms with Crippen LogP contribution in [0.1, 0.15) is 16.4 Å². The molecule has 3 amide bonds. The van der Waals surface area contributed by atoms with Crippen LogP contribution in [0.15, 0.2) is 70.5 Å². The quantitative estimate of drug-likeness (QED) is 0.131. The highest BCUT2D eigenvalue weighted by Crippen LogP contribution is 2.55. The number of fused-ring (bicyclic) bond motifs is 2. The number of hydrogen-bond acceptors (Lipinski definition) is 8. The van der Waals surface area contributed by atoms with E-state index in [1.54, 1.807) is 24.3 Å². The first-order valence-electron chi connectivity index (χ1n) is 12.7. The van der Waals surface area contributed by atoms with Crippen molar-refractivity contribution in [2.75, 3.05) is 10.2 Å². The molecule has 4 aromatic rings. The molecule has 44 heavy (non-hydrogen) atoms. The lowest BCUT2D eigenvalue weighted by molar-refractivity contribution is -0.384. The number of imide groups is 1. The van der Waals surface area contributed by atoms with Gasteiger partial charge in [0.05, 0.1) is 41.6 Å². The van der Waals surface area contributed by atoms with Gasteiger partial charge in [-0.3, -0.25) is 33.9 Å². The minimum atomic E-state index is -0.997. The Kier molecular flexibility index (Phi) is 8.24. The third kappa shape index (κ3) is 5.29. The lowest BCUT2D eigenvalue weighted by Gasteiger charge is -2.31. The van der Waals surface area contributed by atoms with Gasteiger partial charge in [-0.1, -0.05) is 81.6 Å². The van der Waals surface area contributed by atoms with E-state index in [0.29, 0.717) is 26.2 Å². The molecular formula is C28H16Cl4N4O6S2. The van der Waals surface area contributed by atoms with Gasteiger partial charge in [0.15, 0.2) is 0 Å². The smallest absolute Gasteiger partial charge is 0.308 e. The number of thioether (sulfide) groups is 1. The largest absolute Gasteiger partial charge is 0.324 e. The van der Waals surface area contributed by atoms with E-state index in [1.165, 1.54) is 41.0 Å². The molecule has 3 atom stereocenters. The van der Waals surface area contributed by atoms with Gasteiger partial charge in [0.25, 0.3) is 5.69 Å². The molecule has 0 bridgehead atoms. The summed E-state index contributed by atoms with van der Waals surface area (Å²) in [5.74, 6) is -3.50. The number of nitro benzene ring substituents is 1. The molecule has 0 spiro atoms. The molecule has 0 saturated carbocycles. The van der Waals surface area contributed by atoms with Crippen LogP contribution < -0.4 is 15.1 Å². The third-order valence-corrected chi connectivity index (χ3v) is 11.4. The summed E-state index contributed by atoms with van der Waals surface area (Å²) >= 11 is 26.9. The van der Waals surface area contributed by atoms with Crippen LogP contribution in [0.5, 0.6) is 0 Å². The van der Waals surface area contributed by atoms with Crippen molar-refractivity contribution in [2.24, 2.45) is 5.92 Å². The fourth-order valence-electron chi connectivity index (χ4n) is 5.25. The van der Waals surface area contributed by atoms with Crippen molar-refractivity contribution in [3.05, 3.63) is 111 Å². The zero-order valence-corrected chi connectivity index (χ0v) is 26.5. The van der Waals surface area contributed by atoms with Crippen LogP contribution in [0.2, 0.25) is 20.1 Å². The van der Waals surface area contributed by atoms with E-state index in [9.17, 15) is 29.3 Å². The average molecular weight is 710 g/mol. The summed E-state index contributed by atoms with van der Waals surface area (Å²) in [5.41, 5.74) is 0.774. The van der Waals surface area contributed by atoms with Gasteiger partial charge in [0, 0.05) is 28.6 Å². The maximum atomic E-state index is 14.0. The minimum Gasteiger partial charge on any atom is -0.324 e. The van der Waals surface area contributed by atoms with E-state index in [0.717, 1.165) is 28.0 Å². The molecule has 224 valence electrons. The van der Waals surface area contributed by atoms with Crippen LogP contribution in [0.25, 0.3) is 0 Å². The predicted molar refractivity (Wildman–Crippen MR) is 171 cm³/mol. The van der Waals surface area contributed by atoms with Gasteiger partial charge in [-0.2, -0.15) is 0 Å². The molecule has 1 saturated heterocycles. The van der Waals surface area contributed by atoms with Gasteiger partial charge in [0.1, 0.15) is 11.8 Å². The number of non-ortho nitro benzene ring substituents is 1. The Labute approximate surface area is 276 Å². The fourth-order valence-corrected chi connectivity index (χ4v) is 8.73. The Morgan fingerprint density at radius 3 is 2.34 bits per heavy atom. The molecule has 2 unspecified atom stereocenters. The van der Waals surface area contributed by atoms with E-state index in [2.05, 4.69) is 5.32 Å². The number of halogens is 4. The van der Waals surface area contributed by atoms with E-state index in [1.807, 2.05) is 0 Å². The summed E-state index contributed by atoms with van der Waals surface area (Å²) in [7, 11) is 0. The van der Waals surface area contributed by atoms with E-state index in [4.69, 9.17) is 46.4 Å². The van der Waals surface area contributed by atoms with Crippen molar-refractivity contribution < 1.29 is 19.3 Å². The van der Waals surface area contributed by atoms with Crippen LogP contribution in [-0.4, -0.2) is 32.5 Å². The number of rotatable bonds is 6. The topological polar surface area (TPSA) is 132 Å². The summed E-state index contributed by atoms with van der Waals surface area (Å²) in [5, 5.41) is 14.1. The number of nitrogens with zero attached hydrogens (tertiary/aromatic N) is 3. The summed E-state index contributed by atoms with van der Waals surface area (Å²) in [4.78, 5) is 65.8. The first kappa shape index (κ1) is 30.6. The molecule has 6 rings (SSSR count). The average Bonchev–Trinajstić information content (AvgIpc) is 3.42. The summed E-state index contributed by atoms with van der Waals surface area (Å²) in [6, 6.07) is 14.5. The zero-order chi connectivity index (χ0) is 31.4. The zero-order valence-electron chi connectivity index (χ0n) is 21.8. The number of amides is 3. The monoisotopic (exact) mass is 708 g/mol. The van der Waals surface area contributed by atoms with E-state index < -0.39 is 44.6 Å². The molecule has 1 aromatic heterocycles. The van der Waals surface area contributed by atoms with Crippen molar-refractivity contribution in [1.82, 2.24) is 4.57 Å². The van der Waals surface area contributed by atoms with E-state index in [-0.39, 0.29) is 33.0 Å². The molecular weight excluding hydrogens is 694 g/mol. The molecule has 3 aromatic carbocycles. The Balaban J connectivity index is 1.42. The number of carbonyl (C=O) groups excluding carboxylic acids is 3. The molecule has 10 nitrogen and oxygen atoms in total. The van der Waals surface area contributed by atoms with Crippen LogP contribution in [0.3, 0.4) is 0 Å². The second-order valence-corrected chi connectivity index (χ2v) is 13.5. The number of nitrogens with one attached hydrogen (secondary N) is 1. The maximum absolute atomic E-state index is 14.0. The second kappa shape index (κ2) is 11.8. The van der Waals surface area contributed by atoms with Crippen molar-refractivity contribution in [2.45, 2.75) is 22.7 Å². The highest BCUT2D eigenvalue weighted by Gasteiger charge is 2.57. The first-order valence-corrected chi connectivity index (χ1v) is 15.9. The van der Waals surface area contributed by atoms with Crippen LogP contribution in [0, 0.1) is 16.0 Å². The Morgan fingerprint density at radius 2 is 1.66 bits per heavy atom. The van der Waals surface area contributed by atoms with Crippen molar-refractivity contribution in [1.29, 1.82) is 0 Å². The number of thiazole rings is 1. The third-order valence-electron chi connectivity index (χ3n) is 7.19. The maximum Gasteiger partial charge on any atom is 0.308 e. The Bertz CT molecular complexity index is 1950. The summed E-state index contributed by atoms with van der Waals surface area (Å²) in [6.07, 6.45) is 0. The van der Waals surface area contributed by atoms with Gasteiger partial charge in [-0.05, 0) is 42.0 Å². The van der Waals surface area contributed by atoms with Gasteiger partial charge >= 0.3 is 4.87 Å². The Hall–Kier alpha value is -3.39. The number of carbonyl (C=O) groups is 3. The molecule has 3 heterocycles. The first-order chi connectivity index (χ1) is 21.0. The number of aromatic nitrogens is 1. The number of benzene rings is 3. The molecule has 0 radical (unpaired) electrons. The van der Waals surface area contributed by atoms with Gasteiger partial charge in [-0.25, -0.2) is 4.90 Å². The minimum absolute atomic E-state index is 0.162. The highest BCUT2D eigenvalue weighted by atomic mass is 35.5. The standard InChI is InChI=1S/C28H16Cl4N4O6S2/c29-16-9-4-12(10-18(16)31)33-19(37)11-34-27-24(44-28(34)40)20(15-2-1-3-17(30)22(15)32)21-23(43-27)26(39)35(25(21)38)13-5-7-14(8-6-13)36(41)42/h1-10,20-21,23H,11H2,(H,33,37)/t20-,21?,23?/m1/s1. The van der Waals surface area contributed by atoms with Gasteiger partial charge < -0.3 is 5.32 Å². The normalized spacial score (nSPS) is 19.1. The highest BCUT2D eigenvalue weighted by molar-refractivity contribution is 8.00. The SMILES string of the molecule is O=C(Cn1c2c(sc1=O)[C@H](c1cccc(Cl)c1Cl)C1C(=O)N(c3ccc([N+](=O)[O-])cc3)C(=O)C1S2)Nc1ccc(Cl)c(Cl)c1. The van der Waals surface area contributed by atoms with Crippen LogP contribution in [-0.2, 0) is 20.9 Å². The van der Waals surface area contributed by atoms with Crippen molar-refractivity contribution in [3.63, 3.8) is 0 Å². The lowest BCUT2D eigenvalue weighted by Crippen LogP contribution is -2.33. The Morgan fingerprint density at radius 1 is 0.932 bits per heavy atom. The molecule has 2 aliphatic heterocycles. The van der Waals surface area contributed by atoms with Crippen LogP contribution >= 0.6 is 69.5 Å². The predicted octanol–water partition coefficient (Wildman–Crippen LogP) is 6.87. The molecule has 1 N–H and O–H groups in total. The van der Waals surface area contributed by atoms with Gasteiger partial charge in [-0.15, -0.1) is 0 Å². The van der Waals surface area contributed by atoms with Crippen molar-refractivity contribution >= 4 is 104 Å². The number of anilines is 2. The van der Waals surface area contributed by atoms with Gasteiger partial charge in [0.2, 0.25) is 17.7 Å². The van der Waals surface area contributed by atoms with Crippen LogP contribution in [0.4, 0.5) is 17.1 Å².